The normalized spacial score (nSPS) is 17.6. The molecule has 0 bridgehead atoms. The van der Waals surface area contributed by atoms with Gasteiger partial charge in [-0.1, -0.05) is 12.1 Å². The van der Waals surface area contributed by atoms with Crippen LogP contribution in [0.5, 0.6) is 0 Å². The molecule has 0 amide bonds. The lowest BCUT2D eigenvalue weighted by atomic mass is 10.0. The maximum Gasteiger partial charge on any atom is 0.0642 e. The lowest BCUT2D eigenvalue weighted by Crippen LogP contribution is -2.36. The Hall–Kier alpha value is -0.670. The van der Waals surface area contributed by atoms with Crippen LogP contribution in [0.1, 0.15) is 19.4 Å². The average molecular weight is 237 g/mol. The molecule has 0 N–H and O–H groups in total. The van der Waals surface area contributed by atoms with E-state index in [1.165, 1.54) is 11.3 Å². The Morgan fingerprint density at radius 3 is 2.56 bits per heavy atom. The Morgan fingerprint density at radius 2 is 1.94 bits per heavy atom. The molecular weight excluding hydrogens is 218 g/mol. The van der Waals surface area contributed by atoms with Crippen LogP contribution in [-0.4, -0.2) is 26.3 Å². The molecule has 1 saturated heterocycles. The van der Waals surface area contributed by atoms with Crippen molar-refractivity contribution >= 4 is 18.3 Å². The van der Waals surface area contributed by atoms with E-state index < -0.39 is 0 Å². The molecule has 0 spiro atoms. The molecule has 2 rings (SSSR count). The molecule has 0 unspecified atom stereocenters. The van der Waals surface area contributed by atoms with Gasteiger partial charge in [-0.2, -0.15) is 12.6 Å². The van der Waals surface area contributed by atoms with Gasteiger partial charge in [0, 0.05) is 23.5 Å². The first kappa shape index (κ1) is 11.8. The van der Waals surface area contributed by atoms with E-state index in [4.69, 9.17) is 4.74 Å². The highest BCUT2D eigenvalue weighted by Gasteiger charge is 2.17. The van der Waals surface area contributed by atoms with Gasteiger partial charge in [0.1, 0.15) is 0 Å². The van der Waals surface area contributed by atoms with Crippen molar-refractivity contribution in [3.8, 4) is 0 Å². The molecule has 1 aliphatic heterocycles. The second kappa shape index (κ2) is 4.68. The van der Waals surface area contributed by atoms with Gasteiger partial charge in [-0.25, -0.2) is 0 Å². The summed E-state index contributed by atoms with van der Waals surface area (Å²) in [5.74, 6) is 0. The second-order valence-electron chi connectivity index (χ2n) is 4.71. The smallest absolute Gasteiger partial charge is 0.0642 e. The molecule has 0 aliphatic carbocycles. The van der Waals surface area contributed by atoms with Crippen molar-refractivity contribution in [2.45, 2.75) is 18.6 Å². The van der Waals surface area contributed by atoms with Crippen molar-refractivity contribution < 1.29 is 4.74 Å². The van der Waals surface area contributed by atoms with Gasteiger partial charge in [0.25, 0.3) is 0 Å². The largest absolute Gasteiger partial charge is 0.378 e. The number of benzene rings is 1. The van der Waals surface area contributed by atoms with E-state index in [2.05, 4.69) is 55.6 Å². The van der Waals surface area contributed by atoms with Crippen LogP contribution >= 0.6 is 12.6 Å². The van der Waals surface area contributed by atoms with Crippen LogP contribution in [0, 0.1) is 0 Å². The zero-order valence-corrected chi connectivity index (χ0v) is 10.8. The Kier molecular flexibility index (Phi) is 3.45. The van der Waals surface area contributed by atoms with Crippen molar-refractivity contribution in [3.05, 3.63) is 29.8 Å². The van der Waals surface area contributed by atoms with Gasteiger partial charge in [-0.15, -0.1) is 0 Å². The molecule has 1 aliphatic rings. The van der Waals surface area contributed by atoms with Crippen molar-refractivity contribution in [2.24, 2.45) is 0 Å². The summed E-state index contributed by atoms with van der Waals surface area (Å²) in [7, 11) is 0. The molecule has 88 valence electrons. The van der Waals surface area contributed by atoms with E-state index in [0.717, 1.165) is 26.3 Å². The summed E-state index contributed by atoms with van der Waals surface area (Å²) in [6.45, 7) is 7.86. The summed E-state index contributed by atoms with van der Waals surface area (Å²) in [5.41, 5.74) is 2.54. The molecule has 1 aromatic rings. The number of hydrogen-bond donors (Lipinski definition) is 1. The standard InChI is InChI=1S/C13H19NOS/c1-13(2,16)11-4-3-5-12(10-11)14-6-8-15-9-7-14/h3-5,10,16H,6-9H2,1-2H3. The third kappa shape index (κ3) is 2.71. The Bertz CT molecular complexity index is 353. The van der Waals surface area contributed by atoms with Gasteiger partial charge in [0.05, 0.1) is 13.2 Å². The highest BCUT2D eigenvalue weighted by atomic mass is 32.1. The fourth-order valence-corrected chi connectivity index (χ4v) is 2.04. The summed E-state index contributed by atoms with van der Waals surface area (Å²) in [6.07, 6.45) is 0. The molecule has 3 heteroatoms. The van der Waals surface area contributed by atoms with E-state index in [0.29, 0.717) is 0 Å². The second-order valence-corrected chi connectivity index (χ2v) is 5.83. The third-order valence-corrected chi connectivity index (χ3v) is 3.19. The molecule has 2 nitrogen and oxygen atoms in total. The SMILES string of the molecule is CC(C)(S)c1cccc(N2CCOCC2)c1. The predicted molar refractivity (Wildman–Crippen MR) is 71.5 cm³/mol. The fraction of sp³-hybridized carbons (Fsp3) is 0.538. The summed E-state index contributed by atoms with van der Waals surface area (Å²) in [6, 6.07) is 8.64. The van der Waals surface area contributed by atoms with Crippen molar-refractivity contribution in [3.63, 3.8) is 0 Å². The molecule has 1 heterocycles. The summed E-state index contributed by atoms with van der Waals surface area (Å²) in [5, 5.41) is 0. The van der Waals surface area contributed by atoms with Crippen LogP contribution in [0.4, 0.5) is 5.69 Å². The summed E-state index contributed by atoms with van der Waals surface area (Å²) in [4.78, 5) is 2.37. The maximum atomic E-state index is 5.36. The van der Waals surface area contributed by atoms with E-state index in [1.807, 2.05) is 0 Å². The summed E-state index contributed by atoms with van der Waals surface area (Å²) < 4.78 is 5.28. The quantitative estimate of drug-likeness (QED) is 0.794. The number of hydrogen-bond acceptors (Lipinski definition) is 3. The van der Waals surface area contributed by atoms with Crippen LogP contribution < -0.4 is 4.90 Å². The number of rotatable bonds is 2. The molecule has 1 aromatic carbocycles. The Morgan fingerprint density at radius 1 is 1.25 bits per heavy atom. The first-order chi connectivity index (χ1) is 7.57. The number of thiol groups is 1. The van der Waals surface area contributed by atoms with Gasteiger partial charge in [0.15, 0.2) is 0 Å². The Balaban J connectivity index is 2.21. The molecule has 0 radical (unpaired) electrons. The van der Waals surface area contributed by atoms with Crippen molar-refractivity contribution in [1.29, 1.82) is 0 Å². The predicted octanol–water partition coefficient (Wildman–Crippen LogP) is 2.69. The Labute approximate surface area is 103 Å². The highest BCUT2D eigenvalue weighted by Crippen LogP contribution is 2.30. The summed E-state index contributed by atoms with van der Waals surface area (Å²) >= 11 is 4.61. The van der Waals surface area contributed by atoms with Gasteiger partial charge < -0.3 is 9.64 Å². The van der Waals surface area contributed by atoms with Crippen LogP contribution in [0.3, 0.4) is 0 Å². The number of anilines is 1. The monoisotopic (exact) mass is 237 g/mol. The third-order valence-electron chi connectivity index (χ3n) is 2.93. The van der Waals surface area contributed by atoms with Crippen LogP contribution in [-0.2, 0) is 9.48 Å². The van der Waals surface area contributed by atoms with Gasteiger partial charge in [0.2, 0.25) is 0 Å². The van der Waals surface area contributed by atoms with Crippen LogP contribution in [0.2, 0.25) is 0 Å². The number of morpholine rings is 1. The molecular formula is C13H19NOS. The molecule has 1 fully saturated rings. The lowest BCUT2D eigenvalue weighted by molar-refractivity contribution is 0.122. The van der Waals surface area contributed by atoms with Gasteiger partial charge in [-0.3, -0.25) is 0 Å². The highest BCUT2D eigenvalue weighted by molar-refractivity contribution is 7.81. The molecule has 0 saturated carbocycles. The minimum Gasteiger partial charge on any atom is -0.378 e. The number of ether oxygens (including phenoxy) is 1. The van der Waals surface area contributed by atoms with E-state index in [-0.39, 0.29) is 4.75 Å². The number of nitrogens with zero attached hydrogens (tertiary/aromatic N) is 1. The van der Waals surface area contributed by atoms with Crippen LogP contribution in [0.15, 0.2) is 24.3 Å². The zero-order chi connectivity index (χ0) is 11.6. The fourth-order valence-electron chi connectivity index (χ4n) is 1.90. The minimum absolute atomic E-state index is 0.0811. The van der Waals surface area contributed by atoms with Crippen molar-refractivity contribution in [1.82, 2.24) is 0 Å². The molecule has 0 atom stereocenters. The molecule has 16 heavy (non-hydrogen) atoms. The molecule has 0 aromatic heterocycles. The maximum absolute atomic E-state index is 5.36. The van der Waals surface area contributed by atoms with Crippen molar-refractivity contribution in [2.75, 3.05) is 31.2 Å². The van der Waals surface area contributed by atoms with E-state index in [9.17, 15) is 0 Å². The minimum atomic E-state index is -0.0811. The average Bonchev–Trinajstić information content (AvgIpc) is 2.29. The van der Waals surface area contributed by atoms with Gasteiger partial charge in [-0.05, 0) is 31.5 Å². The van der Waals surface area contributed by atoms with E-state index >= 15 is 0 Å². The first-order valence-electron chi connectivity index (χ1n) is 5.73. The van der Waals surface area contributed by atoms with Gasteiger partial charge >= 0.3 is 0 Å². The van der Waals surface area contributed by atoms with Crippen LogP contribution in [0.25, 0.3) is 0 Å². The topological polar surface area (TPSA) is 12.5 Å². The first-order valence-corrected chi connectivity index (χ1v) is 6.18. The lowest BCUT2D eigenvalue weighted by Gasteiger charge is -2.30. The van der Waals surface area contributed by atoms with E-state index in [1.54, 1.807) is 0 Å². The zero-order valence-electron chi connectivity index (χ0n) is 9.94.